The standard InChI is InChI=1S/C15H20N2OS/c1-9-5-10(2)11(3)14(6-9)18-7-15-17-13(8-19-15)12(4)16/h5-6,8,12H,7,16H2,1-4H3. The smallest absolute Gasteiger partial charge is 0.140 e. The van der Waals surface area contributed by atoms with E-state index < -0.39 is 0 Å². The van der Waals surface area contributed by atoms with Gasteiger partial charge in [-0.1, -0.05) is 6.07 Å². The molecule has 0 radical (unpaired) electrons. The molecule has 2 N–H and O–H groups in total. The summed E-state index contributed by atoms with van der Waals surface area (Å²) in [6.45, 7) is 8.71. The fourth-order valence-electron chi connectivity index (χ4n) is 1.89. The van der Waals surface area contributed by atoms with E-state index >= 15 is 0 Å². The van der Waals surface area contributed by atoms with Crippen molar-refractivity contribution in [3.05, 3.63) is 44.9 Å². The maximum atomic E-state index is 5.88. The van der Waals surface area contributed by atoms with Crippen LogP contribution in [0.4, 0.5) is 0 Å². The van der Waals surface area contributed by atoms with E-state index in [-0.39, 0.29) is 6.04 Å². The Labute approximate surface area is 118 Å². The number of thiazole rings is 1. The molecule has 2 rings (SSSR count). The second-order valence-electron chi connectivity index (χ2n) is 4.95. The van der Waals surface area contributed by atoms with Gasteiger partial charge in [0.2, 0.25) is 0 Å². The Morgan fingerprint density at radius 2 is 2.05 bits per heavy atom. The summed E-state index contributed by atoms with van der Waals surface area (Å²) < 4.78 is 5.88. The third kappa shape index (κ3) is 3.33. The predicted octanol–water partition coefficient (Wildman–Crippen LogP) is 3.67. The third-order valence-electron chi connectivity index (χ3n) is 3.15. The summed E-state index contributed by atoms with van der Waals surface area (Å²) in [5.41, 5.74) is 10.4. The lowest BCUT2D eigenvalue weighted by Gasteiger charge is -2.11. The van der Waals surface area contributed by atoms with Crippen LogP contribution in [0.1, 0.15) is 40.4 Å². The van der Waals surface area contributed by atoms with Gasteiger partial charge in [-0.15, -0.1) is 11.3 Å². The Morgan fingerprint density at radius 3 is 2.68 bits per heavy atom. The SMILES string of the molecule is Cc1cc(C)c(C)c(OCc2nc(C(C)N)cs2)c1. The lowest BCUT2D eigenvalue weighted by Crippen LogP contribution is -2.05. The number of ether oxygens (including phenoxy) is 1. The van der Waals surface area contributed by atoms with Gasteiger partial charge in [0.05, 0.1) is 5.69 Å². The molecular formula is C15H20N2OS. The molecule has 1 atom stereocenters. The van der Waals surface area contributed by atoms with Gasteiger partial charge in [0.1, 0.15) is 17.4 Å². The number of nitrogens with two attached hydrogens (primary N) is 1. The summed E-state index contributed by atoms with van der Waals surface area (Å²) >= 11 is 1.60. The molecule has 3 nitrogen and oxygen atoms in total. The molecule has 1 heterocycles. The van der Waals surface area contributed by atoms with E-state index in [0.29, 0.717) is 6.61 Å². The van der Waals surface area contributed by atoms with E-state index in [0.717, 1.165) is 16.5 Å². The topological polar surface area (TPSA) is 48.1 Å². The van der Waals surface area contributed by atoms with Crippen LogP contribution in [0.2, 0.25) is 0 Å². The molecule has 0 aliphatic carbocycles. The van der Waals surface area contributed by atoms with Crippen LogP contribution in [0.25, 0.3) is 0 Å². The summed E-state index contributed by atoms with van der Waals surface area (Å²) in [7, 11) is 0. The first-order valence-corrected chi connectivity index (χ1v) is 7.26. The molecule has 0 saturated heterocycles. The summed E-state index contributed by atoms with van der Waals surface area (Å²) in [5.74, 6) is 0.940. The highest BCUT2D eigenvalue weighted by atomic mass is 32.1. The molecule has 0 fully saturated rings. The van der Waals surface area contributed by atoms with Crippen molar-refractivity contribution in [2.24, 2.45) is 5.73 Å². The Kier molecular flexibility index (Phi) is 4.22. The lowest BCUT2D eigenvalue weighted by atomic mass is 10.1. The van der Waals surface area contributed by atoms with Gasteiger partial charge in [-0.3, -0.25) is 0 Å². The van der Waals surface area contributed by atoms with Gasteiger partial charge in [0.15, 0.2) is 0 Å². The van der Waals surface area contributed by atoms with Crippen LogP contribution in [-0.2, 0) is 6.61 Å². The van der Waals surface area contributed by atoms with Crippen molar-refractivity contribution in [3.63, 3.8) is 0 Å². The van der Waals surface area contributed by atoms with Crippen molar-refractivity contribution < 1.29 is 4.74 Å². The van der Waals surface area contributed by atoms with Crippen LogP contribution in [0.15, 0.2) is 17.5 Å². The van der Waals surface area contributed by atoms with Crippen molar-refractivity contribution in [3.8, 4) is 5.75 Å². The normalized spacial score (nSPS) is 12.5. The zero-order valence-electron chi connectivity index (χ0n) is 11.9. The van der Waals surface area contributed by atoms with E-state index in [1.807, 2.05) is 12.3 Å². The van der Waals surface area contributed by atoms with Crippen LogP contribution in [-0.4, -0.2) is 4.98 Å². The highest BCUT2D eigenvalue weighted by molar-refractivity contribution is 7.09. The van der Waals surface area contributed by atoms with Crippen molar-refractivity contribution in [2.45, 2.75) is 40.3 Å². The second-order valence-corrected chi connectivity index (χ2v) is 5.89. The Balaban J connectivity index is 2.10. The fourth-order valence-corrected chi connectivity index (χ4v) is 2.70. The molecule has 0 spiro atoms. The molecule has 0 saturated carbocycles. The van der Waals surface area contributed by atoms with Gasteiger partial charge < -0.3 is 10.5 Å². The van der Waals surface area contributed by atoms with Crippen molar-refractivity contribution in [1.82, 2.24) is 4.98 Å². The molecule has 1 aromatic heterocycles. The molecule has 0 aliphatic rings. The Hall–Kier alpha value is -1.39. The predicted molar refractivity (Wildman–Crippen MR) is 79.7 cm³/mol. The molecule has 19 heavy (non-hydrogen) atoms. The van der Waals surface area contributed by atoms with Crippen molar-refractivity contribution >= 4 is 11.3 Å². The first kappa shape index (κ1) is 14.0. The molecule has 1 unspecified atom stereocenters. The third-order valence-corrected chi connectivity index (χ3v) is 3.99. The number of hydrogen-bond acceptors (Lipinski definition) is 4. The van der Waals surface area contributed by atoms with Crippen LogP contribution < -0.4 is 10.5 Å². The first-order valence-electron chi connectivity index (χ1n) is 6.38. The number of hydrogen-bond donors (Lipinski definition) is 1. The largest absolute Gasteiger partial charge is 0.486 e. The highest BCUT2D eigenvalue weighted by Crippen LogP contribution is 2.25. The zero-order valence-corrected chi connectivity index (χ0v) is 12.7. The highest BCUT2D eigenvalue weighted by Gasteiger charge is 2.08. The minimum atomic E-state index is -0.0204. The van der Waals surface area contributed by atoms with Crippen molar-refractivity contribution in [1.29, 1.82) is 0 Å². The monoisotopic (exact) mass is 276 g/mol. The molecule has 0 amide bonds. The average molecular weight is 276 g/mol. The van der Waals surface area contributed by atoms with Crippen LogP contribution >= 0.6 is 11.3 Å². The zero-order chi connectivity index (χ0) is 14.0. The minimum absolute atomic E-state index is 0.0204. The molecule has 2 aromatic rings. The summed E-state index contributed by atoms with van der Waals surface area (Å²) in [6, 6.07) is 4.22. The maximum absolute atomic E-state index is 5.88. The average Bonchev–Trinajstić information content (AvgIpc) is 2.81. The summed E-state index contributed by atoms with van der Waals surface area (Å²) in [5, 5.41) is 2.96. The van der Waals surface area contributed by atoms with Crippen LogP contribution in [0, 0.1) is 20.8 Å². The quantitative estimate of drug-likeness (QED) is 0.927. The fraction of sp³-hybridized carbons (Fsp3) is 0.400. The molecule has 1 aromatic carbocycles. The van der Waals surface area contributed by atoms with Gasteiger partial charge in [-0.05, 0) is 50.5 Å². The van der Waals surface area contributed by atoms with E-state index in [1.54, 1.807) is 11.3 Å². The number of rotatable bonds is 4. The van der Waals surface area contributed by atoms with Gasteiger partial charge in [-0.25, -0.2) is 4.98 Å². The van der Waals surface area contributed by atoms with E-state index in [1.165, 1.54) is 16.7 Å². The minimum Gasteiger partial charge on any atom is -0.486 e. The summed E-state index contributed by atoms with van der Waals surface area (Å²) in [4.78, 5) is 4.47. The molecule has 4 heteroatoms. The van der Waals surface area contributed by atoms with Crippen LogP contribution in [0.3, 0.4) is 0 Å². The number of aryl methyl sites for hydroxylation is 2. The van der Waals surface area contributed by atoms with E-state index in [9.17, 15) is 0 Å². The van der Waals surface area contributed by atoms with Gasteiger partial charge in [0.25, 0.3) is 0 Å². The first-order chi connectivity index (χ1) is 8.97. The molecular weight excluding hydrogens is 256 g/mol. The van der Waals surface area contributed by atoms with Crippen molar-refractivity contribution in [2.75, 3.05) is 0 Å². The Bertz CT molecular complexity index is 576. The van der Waals surface area contributed by atoms with E-state index in [4.69, 9.17) is 10.5 Å². The van der Waals surface area contributed by atoms with Gasteiger partial charge in [-0.2, -0.15) is 0 Å². The Morgan fingerprint density at radius 1 is 1.32 bits per heavy atom. The molecule has 102 valence electrons. The molecule has 0 aliphatic heterocycles. The summed E-state index contributed by atoms with van der Waals surface area (Å²) in [6.07, 6.45) is 0. The van der Waals surface area contributed by atoms with Gasteiger partial charge >= 0.3 is 0 Å². The second kappa shape index (κ2) is 5.72. The van der Waals surface area contributed by atoms with E-state index in [2.05, 4.69) is 37.9 Å². The number of aromatic nitrogens is 1. The number of benzene rings is 1. The molecule has 0 bridgehead atoms. The lowest BCUT2D eigenvalue weighted by molar-refractivity contribution is 0.302. The van der Waals surface area contributed by atoms with Gasteiger partial charge in [0, 0.05) is 11.4 Å². The maximum Gasteiger partial charge on any atom is 0.140 e. The van der Waals surface area contributed by atoms with Crippen LogP contribution in [0.5, 0.6) is 5.75 Å². The number of nitrogens with zero attached hydrogens (tertiary/aromatic N) is 1.